The lowest BCUT2D eigenvalue weighted by Gasteiger charge is -2.33. The minimum absolute atomic E-state index is 0.462. The van der Waals surface area contributed by atoms with Gasteiger partial charge >= 0.3 is 0 Å². The molecule has 0 bridgehead atoms. The van der Waals surface area contributed by atoms with Gasteiger partial charge in [-0.3, -0.25) is 0 Å². The fraction of sp³-hybridized carbons (Fsp3) is 0.0222. The lowest BCUT2D eigenvalue weighted by atomic mass is 9.69. The Hall–Kier alpha value is -5.92. The number of anilines is 3. The van der Waals surface area contributed by atoms with E-state index < -0.39 is 5.41 Å². The summed E-state index contributed by atoms with van der Waals surface area (Å²) >= 11 is 0. The zero-order valence-corrected chi connectivity index (χ0v) is 25.2. The largest absolute Gasteiger partial charge is 0.310 e. The van der Waals surface area contributed by atoms with Crippen LogP contribution in [0.15, 0.2) is 176 Å². The summed E-state index contributed by atoms with van der Waals surface area (Å²) in [5.74, 6) is 0. The molecule has 0 heterocycles. The van der Waals surface area contributed by atoms with E-state index in [1.165, 1.54) is 71.7 Å². The van der Waals surface area contributed by atoms with Crippen LogP contribution in [-0.4, -0.2) is 0 Å². The fourth-order valence-corrected chi connectivity index (χ4v) is 8.52. The second kappa shape index (κ2) is 9.54. The van der Waals surface area contributed by atoms with Crippen LogP contribution in [-0.2, 0) is 5.41 Å². The predicted molar refractivity (Wildman–Crippen MR) is 192 cm³/mol. The summed E-state index contributed by atoms with van der Waals surface area (Å²) in [4.78, 5) is 2.43. The third-order valence-electron chi connectivity index (χ3n) is 10.2. The van der Waals surface area contributed by atoms with E-state index in [0.29, 0.717) is 0 Å². The second-order valence-corrected chi connectivity index (χ2v) is 12.4. The van der Waals surface area contributed by atoms with Crippen molar-refractivity contribution >= 4 is 38.6 Å². The molecule has 0 saturated carbocycles. The quantitative estimate of drug-likeness (QED) is 0.200. The number of hydrogen-bond donors (Lipinski definition) is 0. The number of nitrogens with zero attached hydrogens (tertiary/aromatic N) is 1. The van der Waals surface area contributed by atoms with Crippen LogP contribution in [0.1, 0.15) is 22.3 Å². The lowest BCUT2D eigenvalue weighted by molar-refractivity contribution is 0.802. The third kappa shape index (κ3) is 3.24. The Balaban J connectivity index is 1.42. The molecule has 0 unspecified atom stereocenters. The van der Waals surface area contributed by atoms with Gasteiger partial charge in [-0.25, -0.2) is 0 Å². The Morgan fingerprint density at radius 2 is 0.891 bits per heavy atom. The van der Waals surface area contributed by atoms with Crippen molar-refractivity contribution in [3.63, 3.8) is 0 Å². The predicted octanol–water partition coefficient (Wildman–Crippen LogP) is 11.8. The van der Waals surface area contributed by atoms with Gasteiger partial charge in [0.25, 0.3) is 0 Å². The normalized spacial score (nSPS) is 13.4. The van der Waals surface area contributed by atoms with E-state index in [1.54, 1.807) is 0 Å². The van der Waals surface area contributed by atoms with Crippen molar-refractivity contribution < 1.29 is 0 Å². The first-order chi connectivity index (χ1) is 22.9. The van der Waals surface area contributed by atoms with Crippen LogP contribution in [0.4, 0.5) is 17.1 Å². The van der Waals surface area contributed by atoms with Gasteiger partial charge in [0.1, 0.15) is 0 Å². The molecular formula is C45H29N. The SMILES string of the molecule is c1ccc(N(c2ccccc2)c2cc3c(c4ccccc24)-c2ccc4ccccc4c2C32c3ccccc3-c3ccccc32)cc1. The molecule has 1 nitrogen and oxygen atoms in total. The maximum Gasteiger partial charge on any atom is 0.0732 e. The summed E-state index contributed by atoms with van der Waals surface area (Å²) in [6.45, 7) is 0. The standard InChI is InChI=1S/C45H29N/c1-3-16-31(17-4-1)46(32-18-5-2-6-19-32)42-29-41-43(37-24-10-9-23-36(37)42)38-28-27-30-15-7-8-20-33(30)44(38)45(41)39-25-13-11-21-34(39)35-22-12-14-26-40(35)45/h1-29H. The molecule has 0 saturated heterocycles. The Bertz CT molecular complexity index is 2390. The summed E-state index contributed by atoms with van der Waals surface area (Å²) in [7, 11) is 0. The molecule has 8 aromatic carbocycles. The van der Waals surface area contributed by atoms with E-state index in [2.05, 4.69) is 181 Å². The van der Waals surface area contributed by atoms with Gasteiger partial charge in [-0.1, -0.05) is 146 Å². The van der Waals surface area contributed by atoms with Gasteiger partial charge in [-0.15, -0.1) is 0 Å². The molecule has 8 aromatic rings. The number of para-hydroxylation sites is 2. The Morgan fingerprint density at radius 3 is 1.54 bits per heavy atom. The van der Waals surface area contributed by atoms with E-state index in [0.717, 1.165) is 11.4 Å². The van der Waals surface area contributed by atoms with Crippen LogP contribution in [0.3, 0.4) is 0 Å². The number of hydrogen-bond acceptors (Lipinski definition) is 1. The molecule has 2 aliphatic carbocycles. The fourth-order valence-electron chi connectivity index (χ4n) is 8.52. The molecule has 0 amide bonds. The smallest absolute Gasteiger partial charge is 0.0732 e. The van der Waals surface area contributed by atoms with E-state index in [9.17, 15) is 0 Å². The van der Waals surface area contributed by atoms with Crippen molar-refractivity contribution in [3.8, 4) is 22.3 Å². The summed E-state index contributed by atoms with van der Waals surface area (Å²) in [6.07, 6.45) is 0. The molecule has 10 rings (SSSR count). The summed E-state index contributed by atoms with van der Waals surface area (Å²) in [5.41, 5.74) is 13.8. The molecule has 0 aliphatic heterocycles. The number of rotatable bonds is 3. The van der Waals surface area contributed by atoms with Crippen LogP contribution < -0.4 is 4.90 Å². The highest BCUT2D eigenvalue weighted by atomic mass is 15.1. The minimum atomic E-state index is -0.462. The van der Waals surface area contributed by atoms with Crippen LogP contribution in [0.5, 0.6) is 0 Å². The van der Waals surface area contributed by atoms with Gasteiger partial charge in [-0.05, 0) is 91.0 Å². The second-order valence-electron chi connectivity index (χ2n) is 12.4. The minimum Gasteiger partial charge on any atom is -0.310 e. The van der Waals surface area contributed by atoms with Crippen LogP contribution in [0.25, 0.3) is 43.8 Å². The monoisotopic (exact) mass is 583 g/mol. The van der Waals surface area contributed by atoms with Gasteiger partial charge in [0.05, 0.1) is 11.1 Å². The molecule has 2 aliphatic rings. The maximum absolute atomic E-state index is 2.52. The van der Waals surface area contributed by atoms with Crippen molar-refractivity contribution in [1.29, 1.82) is 0 Å². The highest BCUT2D eigenvalue weighted by Crippen LogP contribution is 2.66. The van der Waals surface area contributed by atoms with Gasteiger partial charge in [-0.2, -0.15) is 0 Å². The molecule has 1 spiro atoms. The first-order valence-electron chi connectivity index (χ1n) is 16.0. The molecule has 1 heteroatoms. The first kappa shape index (κ1) is 25.4. The topological polar surface area (TPSA) is 3.24 Å². The summed E-state index contributed by atoms with van der Waals surface area (Å²) in [6, 6.07) is 64.9. The molecule has 0 aromatic heterocycles. The van der Waals surface area contributed by atoms with Gasteiger partial charge in [0, 0.05) is 16.8 Å². The Labute approximate surface area is 268 Å². The third-order valence-corrected chi connectivity index (χ3v) is 10.2. The van der Waals surface area contributed by atoms with E-state index in [4.69, 9.17) is 0 Å². The van der Waals surface area contributed by atoms with Gasteiger partial charge < -0.3 is 4.90 Å². The van der Waals surface area contributed by atoms with Crippen LogP contribution in [0, 0.1) is 0 Å². The summed E-state index contributed by atoms with van der Waals surface area (Å²) < 4.78 is 0. The van der Waals surface area contributed by atoms with Crippen molar-refractivity contribution in [2.24, 2.45) is 0 Å². The Kier molecular flexibility index (Phi) is 5.27. The van der Waals surface area contributed by atoms with E-state index >= 15 is 0 Å². The lowest BCUT2D eigenvalue weighted by Crippen LogP contribution is -2.26. The highest BCUT2D eigenvalue weighted by molar-refractivity contribution is 6.14. The van der Waals surface area contributed by atoms with Crippen molar-refractivity contribution in [2.75, 3.05) is 4.90 Å². The molecular weight excluding hydrogens is 555 g/mol. The molecule has 214 valence electrons. The maximum atomic E-state index is 2.52. The molecule has 0 N–H and O–H groups in total. The van der Waals surface area contributed by atoms with Gasteiger partial charge in [0.15, 0.2) is 0 Å². The van der Waals surface area contributed by atoms with Crippen LogP contribution >= 0.6 is 0 Å². The van der Waals surface area contributed by atoms with Gasteiger partial charge in [0.2, 0.25) is 0 Å². The highest BCUT2D eigenvalue weighted by Gasteiger charge is 2.53. The zero-order chi connectivity index (χ0) is 30.2. The van der Waals surface area contributed by atoms with Crippen molar-refractivity contribution in [3.05, 3.63) is 198 Å². The first-order valence-corrected chi connectivity index (χ1v) is 16.0. The molecule has 0 atom stereocenters. The average Bonchev–Trinajstić information content (AvgIpc) is 3.60. The van der Waals surface area contributed by atoms with Crippen molar-refractivity contribution in [2.45, 2.75) is 5.41 Å². The summed E-state index contributed by atoms with van der Waals surface area (Å²) in [5, 5.41) is 5.11. The molecule has 0 radical (unpaired) electrons. The molecule has 46 heavy (non-hydrogen) atoms. The van der Waals surface area contributed by atoms with E-state index in [-0.39, 0.29) is 0 Å². The van der Waals surface area contributed by atoms with E-state index in [1.807, 2.05) is 0 Å². The number of fused-ring (bicyclic) bond motifs is 14. The Morgan fingerprint density at radius 1 is 0.370 bits per heavy atom. The van der Waals surface area contributed by atoms with Crippen LogP contribution in [0.2, 0.25) is 0 Å². The average molecular weight is 584 g/mol. The molecule has 0 fully saturated rings. The zero-order valence-electron chi connectivity index (χ0n) is 25.2. The van der Waals surface area contributed by atoms with Crippen molar-refractivity contribution in [1.82, 2.24) is 0 Å². The number of benzene rings is 8.